The number of esters is 1. The van der Waals surface area contributed by atoms with Crippen LogP contribution in [0.25, 0.3) is 0 Å². The van der Waals surface area contributed by atoms with Gasteiger partial charge in [0.2, 0.25) is 5.91 Å². The summed E-state index contributed by atoms with van der Waals surface area (Å²) in [5.74, 6) is 1.31. The molecule has 2 aliphatic rings. The Morgan fingerprint density at radius 3 is 2.47 bits per heavy atom. The molecule has 1 amide bonds. The van der Waals surface area contributed by atoms with E-state index in [1.807, 2.05) is 22.6 Å². The van der Waals surface area contributed by atoms with Crippen LogP contribution < -0.4 is 5.32 Å². The lowest BCUT2D eigenvalue weighted by Gasteiger charge is -2.09. The van der Waals surface area contributed by atoms with Crippen LogP contribution in [-0.4, -0.2) is 29.5 Å². The topological polar surface area (TPSA) is 55.4 Å². The van der Waals surface area contributed by atoms with Crippen LogP contribution in [0.5, 0.6) is 0 Å². The molecule has 0 bridgehead atoms. The number of hydrogen-bond donors (Lipinski definition) is 1. The lowest BCUT2D eigenvalue weighted by atomic mass is 10.0. The Morgan fingerprint density at radius 1 is 1.35 bits per heavy atom. The van der Waals surface area contributed by atoms with Crippen molar-refractivity contribution in [3.63, 3.8) is 0 Å². The average molecular weight is 351 g/mol. The van der Waals surface area contributed by atoms with Crippen molar-refractivity contribution in [2.45, 2.75) is 29.6 Å². The van der Waals surface area contributed by atoms with Crippen molar-refractivity contribution in [2.24, 2.45) is 17.8 Å². The number of fused-ring (bicyclic) bond motifs is 1. The Bertz CT molecular complexity index is 309. The summed E-state index contributed by atoms with van der Waals surface area (Å²) in [6.45, 7) is 0.377. The van der Waals surface area contributed by atoms with Gasteiger partial charge < -0.3 is 10.1 Å². The predicted octanol–water partition coefficient (Wildman–Crippen LogP) is 1.52. The molecule has 2 saturated carbocycles. The first-order valence-electron chi connectivity index (χ1n) is 6.14. The first kappa shape index (κ1) is 13.1. The number of nitrogens with one attached hydrogen (secondary N) is 1. The molecule has 96 valence electrons. The summed E-state index contributed by atoms with van der Waals surface area (Å²) in [6, 6.07) is 0. The molecule has 0 saturated heterocycles. The molecule has 0 heterocycles. The number of alkyl halides is 1. The van der Waals surface area contributed by atoms with Gasteiger partial charge in [0.1, 0.15) is 3.92 Å². The molecule has 5 heteroatoms. The summed E-state index contributed by atoms with van der Waals surface area (Å²) in [4.78, 5) is 23.1. The minimum absolute atomic E-state index is 0.132. The fourth-order valence-corrected chi connectivity index (χ4v) is 3.37. The molecule has 0 spiro atoms. The highest BCUT2D eigenvalue weighted by Gasteiger charge is 2.54. The van der Waals surface area contributed by atoms with E-state index in [1.165, 1.54) is 32.8 Å². The van der Waals surface area contributed by atoms with Gasteiger partial charge in [0.25, 0.3) is 0 Å². The molecule has 3 atom stereocenters. The van der Waals surface area contributed by atoms with Crippen LogP contribution in [0.3, 0.4) is 0 Å². The van der Waals surface area contributed by atoms with Crippen LogP contribution >= 0.6 is 22.6 Å². The number of ether oxygens (including phenoxy) is 1. The van der Waals surface area contributed by atoms with Crippen molar-refractivity contribution in [3.8, 4) is 0 Å². The third kappa shape index (κ3) is 2.92. The van der Waals surface area contributed by atoms with E-state index >= 15 is 0 Å². The molecular formula is C12H18INO3. The van der Waals surface area contributed by atoms with Crippen molar-refractivity contribution in [1.82, 2.24) is 5.32 Å². The summed E-state index contributed by atoms with van der Waals surface area (Å²) < 4.78 is 4.33. The van der Waals surface area contributed by atoms with Gasteiger partial charge in [-0.1, -0.05) is 35.4 Å². The molecule has 0 radical (unpaired) electrons. The maximum absolute atomic E-state index is 11.9. The number of amides is 1. The lowest BCUT2D eigenvalue weighted by Crippen LogP contribution is -2.35. The third-order valence-corrected chi connectivity index (χ3v) is 4.82. The Balaban J connectivity index is 1.73. The molecule has 0 aliphatic heterocycles. The van der Waals surface area contributed by atoms with Gasteiger partial charge >= 0.3 is 5.97 Å². The monoisotopic (exact) mass is 351 g/mol. The van der Waals surface area contributed by atoms with Gasteiger partial charge in [0.05, 0.1) is 7.11 Å². The SMILES string of the molecule is COC(=O)C(I)CNC(=O)C1C2CCCCC21. The third-order valence-electron chi connectivity index (χ3n) is 3.87. The second kappa shape index (κ2) is 5.54. The van der Waals surface area contributed by atoms with E-state index in [4.69, 9.17) is 0 Å². The van der Waals surface area contributed by atoms with E-state index in [0.717, 1.165) is 0 Å². The fraction of sp³-hybridized carbons (Fsp3) is 0.833. The average Bonchev–Trinajstić information content (AvgIpc) is 3.08. The van der Waals surface area contributed by atoms with Gasteiger partial charge in [-0.2, -0.15) is 0 Å². The first-order chi connectivity index (χ1) is 8.15. The molecule has 0 aromatic carbocycles. The van der Waals surface area contributed by atoms with E-state index < -0.39 is 0 Å². The summed E-state index contributed by atoms with van der Waals surface area (Å²) in [5.41, 5.74) is 0. The van der Waals surface area contributed by atoms with Crippen LogP contribution in [0.4, 0.5) is 0 Å². The Labute approximate surface area is 115 Å². The highest BCUT2D eigenvalue weighted by Crippen LogP contribution is 2.55. The van der Waals surface area contributed by atoms with E-state index in [2.05, 4.69) is 10.1 Å². The van der Waals surface area contributed by atoms with Crippen molar-refractivity contribution in [1.29, 1.82) is 0 Å². The molecule has 1 N–H and O–H groups in total. The number of halogens is 1. The number of hydrogen-bond acceptors (Lipinski definition) is 3. The number of carbonyl (C=O) groups is 2. The first-order valence-corrected chi connectivity index (χ1v) is 7.39. The lowest BCUT2D eigenvalue weighted by molar-refractivity contribution is -0.139. The smallest absolute Gasteiger partial charge is 0.320 e. The molecule has 2 fully saturated rings. The quantitative estimate of drug-likeness (QED) is 0.475. The highest BCUT2D eigenvalue weighted by molar-refractivity contribution is 14.1. The van der Waals surface area contributed by atoms with E-state index in [-0.39, 0.29) is 21.7 Å². The van der Waals surface area contributed by atoms with E-state index in [0.29, 0.717) is 18.4 Å². The summed E-state index contributed by atoms with van der Waals surface area (Å²) in [5, 5.41) is 2.87. The van der Waals surface area contributed by atoms with Gasteiger partial charge in [-0.3, -0.25) is 9.59 Å². The Kier molecular flexibility index (Phi) is 4.27. The van der Waals surface area contributed by atoms with Crippen LogP contribution in [-0.2, 0) is 14.3 Å². The van der Waals surface area contributed by atoms with Crippen molar-refractivity contribution in [3.05, 3.63) is 0 Å². The van der Waals surface area contributed by atoms with Gasteiger partial charge in [-0.25, -0.2) is 0 Å². The molecular weight excluding hydrogens is 333 g/mol. The molecule has 0 aromatic heterocycles. The molecule has 2 aliphatic carbocycles. The largest absolute Gasteiger partial charge is 0.468 e. The van der Waals surface area contributed by atoms with Gasteiger partial charge in [-0.15, -0.1) is 0 Å². The predicted molar refractivity (Wildman–Crippen MR) is 71.8 cm³/mol. The number of carbonyl (C=O) groups excluding carboxylic acids is 2. The second-order valence-corrected chi connectivity index (χ2v) is 6.38. The highest BCUT2D eigenvalue weighted by atomic mass is 127. The van der Waals surface area contributed by atoms with Crippen LogP contribution in [0.1, 0.15) is 25.7 Å². The number of methoxy groups -OCH3 is 1. The minimum Gasteiger partial charge on any atom is -0.468 e. The van der Waals surface area contributed by atoms with Crippen molar-refractivity contribution < 1.29 is 14.3 Å². The molecule has 17 heavy (non-hydrogen) atoms. The standard InChI is InChI=1S/C12H18INO3/c1-17-12(16)9(13)6-14-11(15)10-7-4-2-3-5-8(7)10/h7-10H,2-6H2,1H3,(H,14,15). The van der Waals surface area contributed by atoms with E-state index in [9.17, 15) is 9.59 Å². The van der Waals surface area contributed by atoms with Gasteiger partial charge in [0, 0.05) is 12.5 Å². The molecule has 2 rings (SSSR count). The summed E-state index contributed by atoms with van der Waals surface area (Å²) >= 11 is 2.00. The summed E-state index contributed by atoms with van der Waals surface area (Å²) in [7, 11) is 1.37. The zero-order chi connectivity index (χ0) is 12.4. The van der Waals surface area contributed by atoms with E-state index in [1.54, 1.807) is 0 Å². The maximum Gasteiger partial charge on any atom is 0.320 e. The van der Waals surface area contributed by atoms with Crippen LogP contribution in [0.15, 0.2) is 0 Å². The minimum atomic E-state index is -0.290. The molecule has 4 nitrogen and oxygen atoms in total. The van der Waals surface area contributed by atoms with Crippen molar-refractivity contribution in [2.75, 3.05) is 13.7 Å². The molecule has 3 unspecified atom stereocenters. The normalized spacial score (nSPS) is 32.2. The van der Waals surface area contributed by atoms with Crippen LogP contribution in [0.2, 0.25) is 0 Å². The Hall–Kier alpha value is -0.330. The van der Waals surface area contributed by atoms with Crippen molar-refractivity contribution >= 4 is 34.5 Å². The number of rotatable bonds is 4. The fourth-order valence-electron chi connectivity index (χ4n) is 2.90. The van der Waals surface area contributed by atoms with Crippen LogP contribution in [0, 0.1) is 17.8 Å². The maximum atomic E-state index is 11.9. The zero-order valence-electron chi connectivity index (χ0n) is 9.95. The van der Waals surface area contributed by atoms with Gasteiger partial charge in [-0.05, 0) is 24.7 Å². The Morgan fingerprint density at radius 2 is 1.94 bits per heavy atom. The second-order valence-electron chi connectivity index (χ2n) is 4.87. The molecule has 0 aromatic rings. The zero-order valence-corrected chi connectivity index (χ0v) is 12.1. The summed E-state index contributed by atoms with van der Waals surface area (Å²) in [6.07, 6.45) is 4.94. The van der Waals surface area contributed by atoms with Gasteiger partial charge in [0.15, 0.2) is 0 Å².